The highest BCUT2D eigenvalue weighted by atomic mass is 35.7. The molecule has 0 amide bonds. The number of hydrogen-bond donors (Lipinski definition) is 0. The van der Waals surface area contributed by atoms with E-state index < -0.39 is 9.05 Å². The Morgan fingerprint density at radius 3 is 2.57 bits per heavy atom. The first-order valence-electron chi connectivity index (χ1n) is 4.14. The summed E-state index contributed by atoms with van der Waals surface area (Å²) in [6.45, 7) is 0. The van der Waals surface area contributed by atoms with Crippen LogP contribution in [-0.2, 0) is 15.5 Å². The van der Waals surface area contributed by atoms with Gasteiger partial charge in [-0.15, -0.1) is 0 Å². The average molecular weight is 253 g/mol. The first-order chi connectivity index (χ1) is 6.47. The second-order valence-corrected chi connectivity index (χ2v) is 6.31. The second-order valence-electron chi connectivity index (χ2n) is 2.98. The van der Waals surface area contributed by atoms with Crippen molar-refractivity contribution < 1.29 is 8.42 Å². The van der Waals surface area contributed by atoms with Gasteiger partial charge in [0.2, 0.25) is 9.05 Å². The van der Waals surface area contributed by atoms with Gasteiger partial charge in [0.25, 0.3) is 0 Å². The minimum atomic E-state index is -3.37. The van der Waals surface area contributed by atoms with Gasteiger partial charge >= 0.3 is 0 Å². The zero-order chi connectivity index (χ0) is 10.6. The van der Waals surface area contributed by atoms with Crippen LogP contribution >= 0.6 is 22.3 Å². The molecule has 1 aromatic carbocycles. The molecule has 0 unspecified atom stereocenters. The van der Waals surface area contributed by atoms with E-state index in [2.05, 4.69) is 0 Å². The second kappa shape index (κ2) is 5.01. The zero-order valence-corrected chi connectivity index (χ0v) is 9.74. The van der Waals surface area contributed by atoms with Crippen LogP contribution < -0.4 is 0 Å². The van der Waals surface area contributed by atoms with Crippen molar-refractivity contribution in [3.05, 3.63) is 34.9 Å². The Labute approximate surface area is 93.3 Å². The van der Waals surface area contributed by atoms with Crippen LogP contribution in [0.15, 0.2) is 24.3 Å². The quantitative estimate of drug-likeness (QED) is 0.773. The van der Waals surface area contributed by atoms with E-state index in [1.807, 2.05) is 18.2 Å². The molecule has 0 heterocycles. The van der Waals surface area contributed by atoms with E-state index >= 15 is 0 Å². The van der Waals surface area contributed by atoms with Crippen LogP contribution in [0.1, 0.15) is 12.0 Å². The lowest BCUT2D eigenvalue weighted by atomic mass is 10.1. The van der Waals surface area contributed by atoms with Crippen molar-refractivity contribution in [3.63, 3.8) is 0 Å². The van der Waals surface area contributed by atoms with Crippen LogP contribution in [0, 0.1) is 0 Å². The van der Waals surface area contributed by atoms with E-state index in [4.69, 9.17) is 22.3 Å². The SMILES string of the molecule is O=S(=O)(Cl)CCCc1cccc(Cl)c1. The highest BCUT2D eigenvalue weighted by Crippen LogP contribution is 2.12. The summed E-state index contributed by atoms with van der Waals surface area (Å²) >= 11 is 5.77. The molecular formula is C9H10Cl2O2S. The van der Waals surface area contributed by atoms with Gasteiger partial charge in [0.15, 0.2) is 0 Å². The number of halogens is 2. The van der Waals surface area contributed by atoms with E-state index in [9.17, 15) is 8.42 Å². The van der Waals surface area contributed by atoms with Crippen molar-refractivity contribution in [3.8, 4) is 0 Å². The molecule has 0 aromatic heterocycles. The van der Waals surface area contributed by atoms with Crippen molar-refractivity contribution >= 4 is 31.3 Å². The predicted octanol–water partition coefficient (Wildman–Crippen LogP) is 2.84. The van der Waals surface area contributed by atoms with Gasteiger partial charge in [-0.2, -0.15) is 0 Å². The molecule has 2 nitrogen and oxygen atoms in total. The average Bonchev–Trinajstić information content (AvgIpc) is 2.01. The third kappa shape index (κ3) is 4.84. The lowest BCUT2D eigenvalue weighted by Gasteiger charge is -2.00. The molecule has 0 atom stereocenters. The fourth-order valence-corrected chi connectivity index (χ4v) is 2.17. The summed E-state index contributed by atoms with van der Waals surface area (Å²) in [4.78, 5) is 0. The third-order valence-electron chi connectivity index (χ3n) is 1.74. The standard InChI is InChI=1S/C9H10Cl2O2S/c10-9-5-1-3-8(7-9)4-2-6-14(11,12)13/h1,3,5,7H,2,4,6H2. The van der Waals surface area contributed by atoms with Gasteiger partial charge in [-0.3, -0.25) is 0 Å². The summed E-state index contributed by atoms with van der Waals surface area (Å²) in [5, 5.41) is 0.663. The molecule has 0 spiro atoms. The summed E-state index contributed by atoms with van der Waals surface area (Å²) in [5.41, 5.74) is 1.03. The molecule has 0 aliphatic heterocycles. The highest BCUT2D eigenvalue weighted by Gasteiger charge is 2.04. The van der Waals surface area contributed by atoms with Crippen molar-refractivity contribution in [1.29, 1.82) is 0 Å². The van der Waals surface area contributed by atoms with Crippen LogP contribution in [0.25, 0.3) is 0 Å². The molecule has 1 aromatic rings. The summed E-state index contributed by atoms with van der Waals surface area (Å²) in [6.07, 6.45) is 1.19. The van der Waals surface area contributed by atoms with Crippen LogP contribution in [0.4, 0.5) is 0 Å². The van der Waals surface area contributed by atoms with Crippen molar-refractivity contribution in [2.24, 2.45) is 0 Å². The lowest BCUT2D eigenvalue weighted by Crippen LogP contribution is -1.98. The summed E-state index contributed by atoms with van der Waals surface area (Å²) in [6, 6.07) is 7.35. The van der Waals surface area contributed by atoms with Gasteiger partial charge in [-0.25, -0.2) is 8.42 Å². The molecule has 0 N–H and O–H groups in total. The third-order valence-corrected chi connectivity index (χ3v) is 3.22. The summed E-state index contributed by atoms with van der Waals surface area (Å²) < 4.78 is 21.3. The first-order valence-corrected chi connectivity index (χ1v) is 7.00. The van der Waals surface area contributed by atoms with Crippen LogP contribution in [-0.4, -0.2) is 14.2 Å². The predicted molar refractivity (Wildman–Crippen MR) is 59.4 cm³/mol. The van der Waals surface area contributed by atoms with Crippen molar-refractivity contribution in [1.82, 2.24) is 0 Å². The molecule has 0 aliphatic rings. The zero-order valence-electron chi connectivity index (χ0n) is 7.41. The molecule has 0 saturated heterocycles. The van der Waals surface area contributed by atoms with Gasteiger partial charge in [-0.1, -0.05) is 23.7 Å². The number of hydrogen-bond acceptors (Lipinski definition) is 2. The van der Waals surface area contributed by atoms with Crippen LogP contribution in [0.3, 0.4) is 0 Å². The monoisotopic (exact) mass is 252 g/mol. The number of rotatable bonds is 4. The first kappa shape index (κ1) is 11.8. The molecule has 0 saturated carbocycles. The van der Waals surface area contributed by atoms with E-state index in [-0.39, 0.29) is 5.75 Å². The molecule has 1 rings (SSSR count). The minimum absolute atomic E-state index is 0.00106. The van der Waals surface area contributed by atoms with E-state index in [1.165, 1.54) is 0 Å². The van der Waals surface area contributed by atoms with E-state index in [1.54, 1.807) is 6.07 Å². The Balaban J connectivity index is 2.47. The van der Waals surface area contributed by atoms with E-state index in [0.29, 0.717) is 17.9 Å². The number of aryl methyl sites for hydroxylation is 1. The highest BCUT2D eigenvalue weighted by molar-refractivity contribution is 8.13. The molecule has 5 heteroatoms. The molecule has 0 aliphatic carbocycles. The van der Waals surface area contributed by atoms with Crippen molar-refractivity contribution in [2.75, 3.05) is 5.75 Å². The lowest BCUT2D eigenvalue weighted by molar-refractivity contribution is 0.607. The smallest absolute Gasteiger partial charge is 0.212 e. The molecular weight excluding hydrogens is 243 g/mol. The van der Waals surface area contributed by atoms with Gasteiger partial charge < -0.3 is 0 Å². The Kier molecular flexibility index (Phi) is 4.23. The van der Waals surface area contributed by atoms with Gasteiger partial charge in [0.05, 0.1) is 5.75 Å². The maximum Gasteiger partial charge on any atom is 0.232 e. The molecule has 0 fully saturated rings. The number of benzene rings is 1. The van der Waals surface area contributed by atoms with Crippen molar-refractivity contribution in [2.45, 2.75) is 12.8 Å². The fraction of sp³-hybridized carbons (Fsp3) is 0.333. The molecule has 0 bridgehead atoms. The maximum atomic E-state index is 10.6. The minimum Gasteiger partial charge on any atom is -0.212 e. The van der Waals surface area contributed by atoms with Crippen LogP contribution in [0.5, 0.6) is 0 Å². The van der Waals surface area contributed by atoms with E-state index in [0.717, 1.165) is 5.56 Å². The Morgan fingerprint density at radius 1 is 1.29 bits per heavy atom. The van der Waals surface area contributed by atoms with Gasteiger partial charge in [-0.05, 0) is 30.5 Å². The Bertz CT molecular complexity index is 401. The Hall–Kier alpha value is -0.250. The largest absolute Gasteiger partial charge is 0.232 e. The molecule has 14 heavy (non-hydrogen) atoms. The normalized spacial score (nSPS) is 11.6. The summed E-state index contributed by atoms with van der Waals surface area (Å²) in [7, 11) is 1.71. The Morgan fingerprint density at radius 2 is 2.00 bits per heavy atom. The van der Waals surface area contributed by atoms with Gasteiger partial charge in [0.1, 0.15) is 0 Å². The van der Waals surface area contributed by atoms with Crippen LogP contribution in [0.2, 0.25) is 5.02 Å². The fourth-order valence-electron chi connectivity index (χ4n) is 1.14. The molecule has 78 valence electrons. The summed E-state index contributed by atoms with van der Waals surface area (Å²) in [5.74, 6) is 0.00106. The molecule has 0 radical (unpaired) electrons. The maximum absolute atomic E-state index is 10.6. The van der Waals surface area contributed by atoms with Gasteiger partial charge in [0, 0.05) is 15.7 Å². The topological polar surface area (TPSA) is 34.1 Å².